The summed E-state index contributed by atoms with van der Waals surface area (Å²) in [6, 6.07) is 6.30. The summed E-state index contributed by atoms with van der Waals surface area (Å²) in [5, 5.41) is 3.55. The van der Waals surface area contributed by atoms with Gasteiger partial charge >= 0.3 is 0 Å². The summed E-state index contributed by atoms with van der Waals surface area (Å²) >= 11 is 0. The van der Waals surface area contributed by atoms with Crippen LogP contribution in [0.25, 0.3) is 0 Å². The third-order valence-corrected chi connectivity index (χ3v) is 7.13. The van der Waals surface area contributed by atoms with Gasteiger partial charge in [0.15, 0.2) is 0 Å². The number of benzene rings is 1. The van der Waals surface area contributed by atoms with E-state index < -0.39 is 15.9 Å². The number of carbonyl (C=O) groups excluding carboxylic acids is 1. The van der Waals surface area contributed by atoms with Crippen LogP contribution < -0.4 is 15.5 Å². The van der Waals surface area contributed by atoms with Crippen molar-refractivity contribution >= 4 is 15.9 Å². The van der Waals surface area contributed by atoms with Gasteiger partial charge in [-0.1, -0.05) is 17.7 Å². The van der Waals surface area contributed by atoms with E-state index in [2.05, 4.69) is 21.6 Å². The fourth-order valence-corrected chi connectivity index (χ4v) is 4.83. The molecule has 0 bridgehead atoms. The van der Waals surface area contributed by atoms with E-state index >= 15 is 0 Å². The maximum Gasteiger partial charge on any atom is 0.274 e. The molecule has 3 rings (SSSR count). The quantitative estimate of drug-likeness (QED) is 0.421. The highest BCUT2D eigenvalue weighted by Crippen LogP contribution is 2.28. The third kappa shape index (κ3) is 6.12. The molecule has 1 amide bonds. The van der Waals surface area contributed by atoms with Crippen LogP contribution in [0, 0.1) is 5.92 Å². The highest BCUT2D eigenvalue weighted by atomic mass is 32.2. The van der Waals surface area contributed by atoms with Crippen molar-refractivity contribution in [3.63, 3.8) is 0 Å². The van der Waals surface area contributed by atoms with E-state index in [9.17, 15) is 13.2 Å². The van der Waals surface area contributed by atoms with Crippen molar-refractivity contribution in [3.8, 4) is 0 Å². The van der Waals surface area contributed by atoms with Crippen LogP contribution in [0.4, 0.5) is 0 Å². The number of amides is 1. The van der Waals surface area contributed by atoms with Crippen LogP contribution in [0.2, 0.25) is 0 Å². The summed E-state index contributed by atoms with van der Waals surface area (Å²) < 4.78 is 26.1. The SMILES string of the molecule is CNS(=O)(=O)c1cccc(C(=O)NOCC(CC2=CCCCC2)C2CCCN2)c1. The molecule has 2 aliphatic rings. The number of hydrogen-bond donors (Lipinski definition) is 3. The highest BCUT2D eigenvalue weighted by molar-refractivity contribution is 7.89. The van der Waals surface area contributed by atoms with Crippen LogP contribution in [-0.4, -0.2) is 40.6 Å². The minimum atomic E-state index is -3.60. The molecule has 1 fully saturated rings. The fraction of sp³-hybridized carbons (Fsp3) is 0.571. The zero-order chi connectivity index (χ0) is 20.7. The summed E-state index contributed by atoms with van der Waals surface area (Å²) in [6.45, 7) is 1.45. The van der Waals surface area contributed by atoms with Gasteiger partial charge < -0.3 is 5.32 Å². The molecule has 7 nitrogen and oxygen atoms in total. The molecule has 29 heavy (non-hydrogen) atoms. The summed E-state index contributed by atoms with van der Waals surface area (Å²) in [7, 11) is -2.26. The Bertz CT molecular complexity index is 832. The number of hydroxylamine groups is 1. The maximum absolute atomic E-state index is 12.4. The molecule has 3 N–H and O–H groups in total. The molecular formula is C21H31N3O4S. The van der Waals surface area contributed by atoms with Crippen molar-refractivity contribution in [1.82, 2.24) is 15.5 Å². The largest absolute Gasteiger partial charge is 0.314 e. The Morgan fingerprint density at radius 3 is 2.86 bits per heavy atom. The molecule has 0 saturated carbocycles. The lowest BCUT2D eigenvalue weighted by atomic mass is 9.87. The van der Waals surface area contributed by atoms with Crippen molar-refractivity contribution in [3.05, 3.63) is 41.5 Å². The van der Waals surface area contributed by atoms with Gasteiger partial charge in [-0.25, -0.2) is 18.6 Å². The van der Waals surface area contributed by atoms with Crippen LogP contribution in [0.5, 0.6) is 0 Å². The first-order valence-corrected chi connectivity index (χ1v) is 11.8. The van der Waals surface area contributed by atoms with Gasteiger partial charge in [-0.3, -0.25) is 9.63 Å². The van der Waals surface area contributed by atoms with Gasteiger partial charge in [-0.2, -0.15) is 0 Å². The summed E-state index contributed by atoms with van der Waals surface area (Å²) in [5.41, 5.74) is 4.22. The molecule has 8 heteroatoms. The third-order valence-electron chi connectivity index (χ3n) is 5.71. The molecule has 1 saturated heterocycles. The summed E-state index contributed by atoms with van der Waals surface area (Å²) in [6.07, 6.45) is 10.5. The predicted octanol–water partition coefficient (Wildman–Crippen LogP) is 2.51. The number of sulfonamides is 1. The van der Waals surface area contributed by atoms with Gasteiger partial charge in [-0.15, -0.1) is 0 Å². The van der Waals surface area contributed by atoms with Crippen molar-refractivity contribution < 1.29 is 18.0 Å². The lowest BCUT2D eigenvalue weighted by Gasteiger charge is -2.26. The summed E-state index contributed by atoms with van der Waals surface area (Å²) in [4.78, 5) is 18.1. The second kappa shape index (κ2) is 10.3. The van der Waals surface area contributed by atoms with Crippen molar-refractivity contribution in [2.24, 2.45) is 5.92 Å². The molecule has 160 valence electrons. The molecule has 1 aromatic carbocycles. The Morgan fingerprint density at radius 2 is 2.17 bits per heavy atom. The van der Waals surface area contributed by atoms with Crippen LogP contribution >= 0.6 is 0 Å². The van der Waals surface area contributed by atoms with E-state index in [1.807, 2.05) is 0 Å². The molecular weight excluding hydrogens is 390 g/mol. The molecule has 0 aromatic heterocycles. The van der Waals surface area contributed by atoms with Gasteiger partial charge in [0.2, 0.25) is 10.0 Å². The Labute approximate surface area is 173 Å². The van der Waals surface area contributed by atoms with E-state index in [0.717, 1.165) is 32.2 Å². The van der Waals surface area contributed by atoms with Crippen molar-refractivity contribution in [1.29, 1.82) is 0 Å². The molecule has 1 aliphatic carbocycles. The van der Waals surface area contributed by atoms with Gasteiger partial charge in [-0.05, 0) is 76.7 Å². The van der Waals surface area contributed by atoms with Gasteiger partial charge in [0.05, 0.1) is 11.5 Å². The number of rotatable bonds is 9. The molecule has 0 spiro atoms. The number of nitrogens with one attached hydrogen (secondary N) is 3. The predicted molar refractivity (Wildman–Crippen MR) is 112 cm³/mol. The van der Waals surface area contributed by atoms with Gasteiger partial charge in [0.1, 0.15) is 0 Å². The van der Waals surface area contributed by atoms with Crippen LogP contribution in [0.1, 0.15) is 55.3 Å². The molecule has 1 heterocycles. The second-order valence-electron chi connectivity index (χ2n) is 7.75. The Morgan fingerprint density at radius 1 is 1.31 bits per heavy atom. The van der Waals surface area contributed by atoms with Crippen LogP contribution in [0.15, 0.2) is 40.8 Å². The van der Waals surface area contributed by atoms with Crippen molar-refractivity contribution in [2.75, 3.05) is 20.2 Å². The molecule has 2 unspecified atom stereocenters. The average Bonchev–Trinajstić information content (AvgIpc) is 3.28. The topological polar surface area (TPSA) is 96.5 Å². The van der Waals surface area contributed by atoms with E-state index in [1.54, 1.807) is 12.1 Å². The molecule has 2 atom stereocenters. The highest BCUT2D eigenvalue weighted by Gasteiger charge is 2.26. The van der Waals surface area contributed by atoms with E-state index in [4.69, 9.17) is 4.84 Å². The zero-order valence-electron chi connectivity index (χ0n) is 16.9. The average molecular weight is 422 g/mol. The lowest BCUT2D eigenvalue weighted by molar-refractivity contribution is 0.0111. The monoisotopic (exact) mass is 421 g/mol. The number of carbonyl (C=O) groups is 1. The maximum atomic E-state index is 12.4. The smallest absolute Gasteiger partial charge is 0.274 e. The minimum Gasteiger partial charge on any atom is -0.314 e. The molecule has 1 aromatic rings. The Hall–Kier alpha value is -1.74. The zero-order valence-corrected chi connectivity index (χ0v) is 17.8. The Kier molecular flexibility index (Phi) is 7.83. The van der Waals surface area contributed by atoms with Crippen molar-refractivity contribution in [2.45, 2.75) is 55.9 Å². The molecule has 0 radical (unpaired) electrons. The minimum absolute atomic E-state index is 0.0462. The van der Waals surface area contributed by atoms with Crippen LogP contribution in [-0.2, 0) is 14.9 Å². The molecule has 1 aliphatic heterocycles. The summed E-state index contributed by atoms with van der Waals surface area (Å²) in [5.74, 6) is -0.147. The first-order valence-electron chi connectivity index (χ1n) is 10.4. The number of hydrogen-bond acceptors (Lipinski definition) is 5. The number of allylic oxidation sites excluding steroid dienone is 2. The standard InChI is InChI=1S/C21H31N3O4S/c1-22-29(26,27)19-10-5-9-17(14-19)21(25)24-28-15-18(20-11-6-12-23-20)13-16-7-3-2-4-8-16/h5,7,9-10,14,18,20,22-23H,2-4,6,8,11-13,15H2,1H3,(H,24,25). The van der Waals surface area contributed by atoms with Crippen LogP contribution in [0.3, 0.4) is 0 Å². The van der Waals surface area contributed by atoms with E-state index in [0.29, 0.717) is 18.6 Å². The van der Waals surface area contributed by atoms with Gasteiger partial charge in [0.25, 0.3) is 5.91 Å². The first kappa shape index (κ1) is 22.0. The van der Waals surface area contributed by atoms with Gasteiger partial charge in [0, 0.05) is 17.5 Å². The lowest BCUT2D eigenvalue weighted by Crippen LogP contribution is -2.36. The fourth-order valence-electron chi connectivity index (χ4n) is 4.05. The normalized spacial score (nSPS) is 20.9. The van der Waals surface area contributed by atoms with E-state index in [1.165, 1.54) is 44.0 Å². The van der Waals surface area contributed by atoms with E-state index in [-0.39, 0.29) is 10.5 Å². The Balaban J connectivity index is 1.58. The first-order chi connectivity index (χ1) is 14.0. The second-order valence-corrected chi connectivity index (χ2v) is 9.64.